The van der Waals surface area contributed by atoms with Crippen molar-refractivity contribution in [3.63, 3.8) is 0 Å². The lowest BCUT2D eigenvalue weighted by Gasteiger charge is -2.25. The van der Waals surface area contributed by atoms with Gasteiger partial charge in [-0.1, -0.05) is 0 Å². The molecular weight excluding hydrogens is 260 g/mol. The molecule has 20 heavy (non-hydrogen) atoms. The SMILES string of the molecule is CNC(=O)CN(C)C(=O)c1n[nH]c2c1C[C@H](C)O[C@@H]2C. The van der Waals surface area contributed by atoms with E-state index in [1.807, 2.05) is 13.8 Å². The normalized spacial score (nSPS) is 21.2. The summed E-state index contributed by atoms with van der Waals surface area (Å²) in [6.07, 6.45) is 0.586. The first-order valence-corrected chi connectivity index (χ1v) is 6.62. The first kappa shape index (κ1) is 14.5. The number of carbonyl (C=O) groups excluding carboxylic acids is 2. The van der Waals surface area contributed by atoms with Crippen LogP contribution in [0.3, 0.4) is 0 Å². The van der Waals surface area contributed by atoms with Crippen LogP contribution in [0.25, 0.3) is 0 Å². The zero-order valence-electron chi connectivity index (χ0n) is 12.2. The van der Waals surface area contributed by atoms with E-state index in [0.717, 1.165) is 11.3 Å². The van der Waals surface area contributed by atoms with Gasteiger partial charge in [-0.2, -0.15) is 5.10 Å². The number of nitrogens with one attached hydrogen (secondary N) is 2. The van der Waals surface area contributed by atoms with Gasteiger partial charge in [0, 0.05) is 26.1 Å². The minimum Gasteiger partial charge on any atom is -0.369 e. The molecule has 0 fully saturated rings. The summed E-state index contributed by atoms with van der Waals surface area (Å²) in [5.41, 5.74) is 2.12. The van der Waals surface area contributed by atoms with Crippen LogP contribution < -0.4 is 5.32 Å². The molecule has 0 aromatic carbocycles. The third-order valence-electron chi connectivity index (χ3n) is 3.44. The van der Waals surface area contributed by atoms with Crippen molar-refractivity contribution in [2.24, 2.45) is 0 Å². The number of hydrogen-bond acceptors (Lipinski definition) is 4. The monoisotopic (exact) mass is 280 g/mol. The second-order valence-electron chi connectivity index (χ2n) is 5.09. The second-order valence-corrected chi connectivity index (χ2v) is 5.09. The summed E-state index contributed by atoms with van der Waals surface area (Å²) in [6, 6.07) is 0. The van der Waals surface area contributed by atoms with E-state index in [1.54, 1.807) is 7.05 Å². The number of nitrogens with zero attached hydrogens (tertiary/aromatic N) is 2. The smallest absolute Gasteiger partial charge is 0.274 e. The molecule has 0 bridgehead atoms. The largest absolute Gasteiger partial charge is 0.369 e. The molecule has 0 saturated carbocycles. The van der Waals surface area contributed by atoms with Gasteiger partial charge in [0.1, 0.15) is 0 Å². The lowest BCUT2D eigenvalue weighted by atomic mass is 9.99. The number of rotatable bonds is 3. The fourth-order valence-electron chi connectivity index (χ4n) is 2.40. The van der Waals surface area contributed by atoms with Gasteiger partial charge in [-0.3, -0.25) is 14.7 Å². The molecular formula is C13H20N4O3. The third kappa shape index (κ3) is 2.67. The highest BCUT2D eigenvalue weighted by Crippen LogP contribution is 2.30. The number of fused-ring (bicyclic) bond motifs is 1. The Bertz CT molecular complexity index is 526. The topological polar surface area (TPSA) is 87.3 Å². The van der Waals surface area contributed by atoms with Crippen molar-refractivity contribution in [3.8, 4) is 0 Å². The molecule has 0 aliphatic carbocycles. The molecule has 0 radical (unpaired) electrons. The molecule has 1 aliphatic heterocycles. The van der Waals surface area contributed by atoms with Gasteiger partial charge < -0.3 is 15.0 Å². The van der Waals surface area contributed by atoms with Crippen LogP contribution in [0, 0.1) is 0 Å². The molecule has 1 aromatic rings. The van der Waals surface area contributed by atoms with E-state index in [0.29, 0.717) is 12.1 Å². The van der Waals surface area contributed by atoms with Crippen LogP contribution in [0.2, 0.25) is 0 Å². The van der Waals surface area contributed by atoms with E-state index >= 15 is 0 Å². The van der Waals surface area contributed by atoms with E-state index in [9.17, 15) is 9.59 Å². The number of aromatic amines is 1. The number of hydrogen-bond donors (Lipinski definition) is 2. The standard InChI is InChI=1S/C13H20N4O3/c1-7-5-9-11(8(2)20-7)15-16-12(9)13(19)17(4)6-10(18)14-3/h7-8H,5-6H2,1-4H3,(H,14,18)(H,15,16)/t7-,8+/m0/s1. The predicted molar refractivity (Wildman–Crippen MR) is 72.3 cm³/mol. The van der Waals surface area contributed by atoms with Crippen LogP contribution in [0.5, 0.6) is 0 Å². The maximum Gasteiger partial charge on any atom is 0.274 e. The predicted octanol–water partition coefficient (Wildman–Crippen LogP) is 0.250. The maximum atomic E-state index is 12.4. The highest BCUT2D eigenvalue weighted by molar-refractivity contribution is 5.96. The summed E-state index contributed by atoms with van der Waals surface area (Å²) in [7, 11) is 3.13. The van der Waals surface area contributed by atoms with Gasteiger partial charge in [-0.15, -0.1) is 0 Å². The van der Waals surface area contributed by atoms with Crippen LogP contribution in [-0.4, -0.2) is 53.7 Å². The lowest BCUT2D eigenvalue weighted by Crippen LogP contribution is -2.37. The zero-order valence-corrected chi connectivity index (χ0v) is 12.2. The Morgan fingerprint density at radius 1 is 1.50 bits per heavy atom. The van der Waals surface area contributed by atoms with Crippen LogP contribution in [-0.2, 0) is 16.0 Å². The van der Waals surface area contributed by atoms with Gasteiger partial charge in [0.05, 0.1) is 24.4 Å². The summed E-state index contributed by atoms with van der Waals surface area (Å²) in [5.74, 6) is -0.470. The average Bonchev–Trinajstić information content (AvgIpc) is 2.81. The molecule has 2 N–H and O–H groups in total. The molecule has 7 nitrogen and oxygen atoms in total. The third-order valence-corrected chi connectivity index (χ3v) is 3.44. The van der Waals surface area contributed by atoms with E-state index in [1.165, 1.54) is 11.9 Å². The molecule has 7 heteroatoms. The summed E-state index contributed by atoms with van der Waals surface area (Å²) in [5, 5.41) is 9.48. The van der Waals surface area contributed by atoms with Crippen molar-refractivity contribution in [3.05, 3.63) is 17.0 Å². The van der Waals surface area contributed by atoms with Gasteiger partial charge in [-0.05, 0) is 13.8 Å². The molecule has 2 amide bonds. The molecule has 1 aromatic heterocycles. The van der Waals surface area contributed by atoms with Crippen LogP contribution in [0.1, 0.15) is 41.7 Å². The average molecular weight is 280 g/mol. The van der Waals surface area contributed by atoms with E-state index in [2.05, 4.69) is 15.5 Å². The van der Waals surface area contributed by atoms with Crippen molar-refractivity contribution in [1.82, 2.24) is 20.4 Å². The Kier molecular flexibility index (Phi) is 4.08. The van der Waals surface area contributed by atoms with Crippen molar-refractivity contribution in [2.45, 2.75) is 32.5 Å². The summed E-state index contributed by atoms with van der Waals surface area (Å²) in [6.45, 7) is 3.91. The van der Waals surface area contributed by atoms with Gasteiger partial charge in [-0.25, -0.2) is 0 Å². The van der Waals surface area contributed by atoms with Crippen LogP contribution in [0.4, 0.5) is 0 Å². The Balaban J connectivity index is 2.21. The molecule has 2 heterocycles. The fraction of sp³-hybridized carbons (Fsp3) is 0.615. The highest BCUT2D eigenvalue weighted by atomic mass is 16.5. The maximum absolute atomic E-state index is 12.4. The summed E-state index contributed by atoms with van der Waals surface area (Å²) in [4.78, 5) is 25.1. The first-order chi connectivity index (χ1) is 9.43. The summed E-state index contributed by atoms with van der Waals surface area (Å²) >= 11 is 0. The van der Waals surface area contributed by atoms with Crippen molar-refractivity contribution in [2.75, 3.05) is 20.6 Å². The Morgan fingerprint density at radius 3 is 2.85 bits per heavy atom. The number of amides is 2. The number of likely N-dealkylation sites (N-methyl/N-ethyl adjacent to an activating group) is 2. The van der Waals surface area contributed by atoms with Crippen LogP contribution >= 0.6 is 0 Å². The molecule has 2 atom stereocenters. The fourth-order valence-corrected chi connectivity index (χ4v) is 2.40. The van der Waals surface area contributed by atoms with Gasteiger partial charge in [0.2, 0.25) is 5.91 Å². The molecule has 110 valence electrons. The highest BCUT2D eigenvalue weighted by Gasteiger charge is 2.30. The quantitative estimate of drug-likeness (QED) is 0.831. The van der Waals surface area contributed by atoms with E-state index in [4.69, 9.17) is 4.74 Å². The summed E-state index contributed by atoms with van der Waals surface area (Å²) < 4.78 is 5.69. The van der Waals surface area contributed by atoms with Gasteiger partial charge in [0.25, 0.3) is 5.91 Å². The molecule has 0 spiro atoms. The minimum atomic E-state index is -0.257. The van der Waals surface area contributed by atoms with Gasteiger partial charge in [0.15, 0.2) is 5.69 Å². The lowest BCUT2D eigenvalue weighted by molar-refractivity contribution is -0.121. The van der Waals surface area contributed by atoms with Crippen molar-refractivity contribution < 1.29 is 14.3 Å². The molecule has 2 rings (SSSR count). The number of carbonyl (C=O) groups is 2. The Hall–Kier alpha value is -1.89. The van der Waals surface area contributed by atoms with E-state index < -0.39 is 0 Å². The second kappa shape index (κ2) is 5.62. The van der Waals surface area contributed by atoms with Crippen LogP contribution in [0.15, 0.2) is 0 Å². The number of ether oxygens (including phenoxy) is 1. The van der Waals surface area contributed by atoms with Crippen molar-refractivity contribution in [1.29, 1.82) is 0 Å². The Morgan fingerprint density at radius 2 is 2.20 bits per heavy atom. The molecule has 0 saturated heterocycles. The first-order valence-electron chi connectivity index (χ1n) is 6.62. The zero-order chi connectivity index (χ0) is 14.9. The Labute approximate surface area is 117 Å². The van der Waals surface area contributed by atoms with E-state index in [-0.39, 0.29) is 30.6 Å². The number of H-pyrrole nitrogens is 1. The molecule has 0 unspecified atom stereocenters. The van der Waals surface area contributed by atoms with Crippen molar-refractivity contribution >= 4 is 11.8 Å². The molecule has 1 aliphatic rings. The number of aromatic nitrogens is 2. The van der Waals surface area contributed by atoms with Gasteiger partial charge >= 0.3 is 0 Å². The minimum absolute atomic E-state index is 0.0125.